The molecule has 2 aliphatic heterocycles. The van der Waals surface area contributed by atoms with Crippen LogP contribution in [0, 0.1) is 23.2 Å². The second-order valence-corrected chi connectivity index (χ2v) is 10.6. The van der Waals surface area contributed by atoms with Crippen molar-refractivity contribution in [2.45, 2.75) is 31.3 Å². The lowest BCUT2D eigenvalue weighted by Crippen LogP contribution is -2.52. The molecule has 8 heteroatoms. The van der Waals surface area contributed by atoms with Crippen molar-refractivity contribution in [1.82, 2.24) is 19.8 Å². The van der Waals surface area contributed by atoms with Crippen LogP contribution < -0.4 is 10.2 Å². The molecular weight excluding hydrogens is 464 g/mol. The average Bonchev–Trinajstić information content (AvgIpc) is 3.38. The van der Waals surface area contributed by atoms with E-state index < -0.39 is 0 Å². The second kappa shape index (κ2) is 9.81. The largest absolute Gasteiger partial charge is 0.372 e. The Morgan fingerprint density at radius 2 is 1.92 bits per heavy atom. The third-order valence-electron chi connectivity index (χ3n) is 8.57. The summed E-state index contributed by atoms with van der Waals surface area (Å²) in [5.74, 6) is 0.320. The number of rotatable bonds is 5. The van der Waals surface area contributed by atoms with Gasteiger partial charge >= 0.3 is 0 Å². The SMILES string of the molecule is CO[C@@]1(c2ccc(-c3cc4c(N5CCN(C(=O)[C@H]6C[C@H](C#N)C6)CC5)ccnn4c3)cc2)CCCNC1. The molecule has 1 atom stereocenters. The van der Waals surface area contributed by atoms with E-state index in [9.17, 15) is 4.79 Å². The quantitative estimate of drug-likeness (QED) is 0.580. The van der Waals surface area contributed by atoms with Crippen molar-refractivity contribution in [3.05, 3.63) is 54.4 Å². The van der Waals surface area contributed by atoms with Crippen molar-refractivity contribution in [1.29, 1.82) is 5.26 Å². The van der Waals surface area contributed by atoms with Gasteiger partial charge in [-0.15, -0.1) is 0 Å². The Labute approximate surface area is 217 Å². The number of aromatic nitrogens is 2. The number of hydrogen-bond acceptors (Lipinski definition) is 6. The van der Waals surface area contributed by atoms with Gasteiger partial charge in [-0.3, -0.25) is 4.79 Å². The van der Waals surface area contributed by atoms with E-state index in [-0.39, 0.29) is 23.3 Å². The molecule has 0 unspecified atom stereocenters. The number of carbonyl (C=O) groups is 1. The van der Waals surface area contributed by atoms with E-state index in [0.29, 0.717) is 13.1 Å². The minimum absolute atomic E-state index is 0.0385. The van der Waals surface area contributed by atoms with E-state index in [1.165, 1.54) is 5.56 Å². The predicted molar refractivity (Wildman–Crippen MR) is 142 cm³/mol. The Morgan fingerprint density at radius 3 is 2.59 bits per heavy atom. The number of anilines is 1. The first-order valence-electron chi connectivity index (χ1n) is 13.4. The highest BCUT2D eigenvalue weighted by Gasteiger charge is 2.38. The number of fused-ring (bicyclic) bond motifs is 1. The Kier molecular flexibility index (Phi) is 6.35. The van der Waals surface area contributed by atoms with Gasteiger partial charge in [0.25, 0.3) is 0 Å². The lowest BCUT2D eigenvalue weighted by molar-refractivity contribution is -0.139. The molecule has 37 heavy (non-hydrogen) atoms. The zero-order valence-electron chi connectivity index (χ0n) is 21.4. The highest BCUT2D eigenvalue weighted by atomic mass is 16.5. The number of nitrogens with zero attached hydrogens (tertiary/aromatic N) is 5. The molecule has 2 saturated heterocycles. The monoisotopic (exact) mass is 498 g/mol. The molecule has 0 radical (unpaired) electrons. The lowest BCUT2D eigenvalue weighted by Gasteiger charge is -2.40. The number of methoxy groups -OCH3 is 1. The van der Waals surface area contributed by atoms with Crippen molar-refractivity contribution in [3.8, 4) is 17.2 Å². The average molecular weight is 499 g/mol. The maximum atomic E-state index is 12.8. The van der Waals surface area contributed by atoms with Crippen LogP contribution in [0.2, 0.25) is 0 Å². The first-order chi connectivity index (χ1) is 18.1. The molecule has 1 aromatic carbocycles. The Hall–Kier alpha value is -3.41. The van der Waals surface area contributed by atoms with E-state index in [1.54, 1.807) is 0 Å². The zero-order valence-corrected chi connectivity index (χ0v) is 21.4. The molecule has 4 heterocycles. The summed E-state index contributed by atoms with van der Waals surface area (Å²) < 4.78 is 7.93. The van der Waals surface area contributed by atoms with Crippen LogP contribution in [-0.2, 0) is 15.1 Å². The lowest BCUT2D eigenvalue weighted by atomic mass is 9.75. The van der Waals surface area contributed by atoms with Gasteiger partial charge < -0.3 is 19.9 Å². The molecule has 2 aromatic heterocycles. The molecule has 0 bridgehead atoms. The summed E-state index contributed by atoms with van der Waals surface area (Å²) in [7, 11) is 1.81. The Morgan fingerprint density at radius 1 is 1.14 bits per heavy atom. The van der Waals surface area contributed by atoms with Crippen LogP contribution in [0.3, 0.4) is 0 Å². The fraction of sp³-hybridized carbons (Fsp3) is 0.483. The summed E-state index contributed by atoms with van der Waals surface area (Å²) in [6.07, 6.45) is 7.51. The van der Waals surface area contributed by atoms with Crippen LogP contribution >= 0.6 is 0 Å². The van der Waals surface area contributed by atoms with Gasteiger partial charge in [-0.1, -0.05) is 24.3 Å². The fourth-order valence-electron chi connectivity index (χ4n) is 6.16. The Bertz CT molecular complexity index is 1310. The van der Waals surface area contributed by atoms with Crippen molar-refractivity contribution in [2.24, 2.45) is 11.8 Å². The molecule has 0 spiro atoms. The van der Waals surface area contributed by atoms with Gasteiger partial charge in [-0.05, 0) is 55.5 Å². The van der Waals surface area contributed by atoms with E-state index in [2.05, 4.69) is 64.0 Å². The molecule has 3 fully saturated rings. The summed E-state index contributed by atoms with van der Waals surface area (Å²) in [5, 5.41) is 17.1. The predicted octanol–water partition coefficient (Wildman–Crippen LogP) is 3.42. The minimum atomic E-state index is -0.253. The van der Waals surface area contributed by atoms with Gasteiger partial charge in [-0.25, -0.2) is 4.52 Å². The number of piperazine rings is 1. The van der Waals surface area contributed by atoms with Crippen LogP contribution in [0.1, 0.15) is 31.2 Å². The summed E-state index contributed by atoms with van der Waals surface area (Å²) in [6.45, 7) is 4.90. The number of nitriles is 1. The first-order valence-corrected chi connectivity index (χ1v) is 13.4. The van der Waals surface area contributed by atoms with Gasteiger partial charge in [0.05, 0.1) is 17.3 Å². The van der Waals surface area contributed by atoms with E-state index >= 15 is 0 Å². The molecule has 1 saturated carbocycles. The highest BCUT2D eigenvalue weighted by molar-refractivity contribution is 5.82. The molecule has 1 aliphatic carbocycles. The molecule has 192 valence electrons. The normalized spacial score (nSPS) is 26.1. The standard InChI is InChI=1S/C29H34N6O2/c1-37-29(8-2-9-31-20-29)25-5-3-22(4-6-25)24-17-27-26(7-10-32-35(27)19-24)33-11-13-34(14-12-33)28(36)23-15-21(16-23)18-30/h3-7,10,17,19,21,23,31H,2,8-9,11-16,20H2,1H3/t21-,23-,29-/m0/s1. The second-order valence-electron chi connectivity index (χ2n) is 10.6. The Balaban J connectivity index is 1.17. The fourth-order valence-corrected chi connectivity index (χ4v) is 6.16. The molecular formula is C29H34N6O2. The zero-order chi connectivity index (χ0) is 25.4. The molecule has 1 amide bonds. The smallest absolute Gasteiger partial charge is 0.225 e. The van der Waals surface area contributed by atoms with Gasteiger partial charge in [0.1, 0.15) is 5.60 Å². The van der Waals surface area contributed by atoms with Crippen molar-refractivity contribution in [2.75, 3.05) is 51.3 Å². The van der Waals surface area contributed by atoms with Crippen LogP contribution in [0.25, 0.3) is 16.6 Å². The summed E-state index contributed by atoms with van der Waals surface area (Å²) in [6, 6.07) is 15.3. The topological polar surface area (TPSA) is 85.9 Å². The van der Waals surface area contributed by atoms with Crippen molar-refractivity contribution in [3.63, 3.8) is 0 Å². The molecule has 3 aromatic rings. The number of benzene rings is 1. The van der Waals surface area contributed by atoms with E-state index in [0.717, 1.165) is 74.2 Å². The van der Waals surface area contributed by atoms with Gasteiger partial charge in [0.2, 0.25) is 5.91 Å². The minimum Gasteiger partial charge on any atom is -0.372 e. The van der Waals surface area contributed by atoms with Crippen molar-refractivity contribution >= 4 is 17.1 Å². The third kappa shape index (κ3) is 4.36. The van der Waals surface area contributed by atoms with Gasteiger partial charge in [-0.2, -0.15) is 10.4 Å². The maximum Gasteiger partial charge on any atom is 0.225 e. The molecule has 8 nitrogen and oxygen atoms in total. The van der Waals surface area contributed by atoms with Gasteiger partial charge in [0, 0.05) is 69.6 Å². The van der Waals surface area contributed by atoms with Crippen LogP contribution in [0.15, 0.2) is 48.8 Å². The number of hydrogen-bond donors (Lipinski definition) is 1. The van der Waals surface area contributed by atoms with Crippen LogP contribution in [-0.4, -0.2) is 66.8 Å². The molecule has 3 aliphatic rings. The third-order valence-corrected chi connectivity index (χ3v) is 8.57. The number of carbonyl (C=O) groups excluding carboxylic acids is 1. The van der Waals surface area contributed by atoms with Crippen LogP contribution in [0.4, 0.5) is 5.69 Å². The molecule has 6 rings (SSSR count). The maximum absolute atomic E-state index is 12.8. The number of ether oxygens (including phenoxy) is 1. The highest BCUT2D eigenvalue weighted by Crippen LogP contribution is 2.36. The summed E-state index contributed by atoms with van der Waals surface area (Å²) in [5.41, 5.74) is 5.46. The van der Waals surface area contributed by atoms with Crippen molar-refractivity contribution < 1.29 is 9.53 Å². The van der Waals surface area contributed by atoms with Crippen LogP contribution in [0.5, 0.6) is 0 Å². The summed E-state index contributed by atoms with van der Waals surface area (Å²) >= 11 is 0. The van der Waals surface area contributed by atoms with Gasteiger partial charge in [0.15, 0.2) is 0 Å². The van der Waals surface area contributed by atoms with E-state index in [1.807, 2.05) is 22.7 Å². The number of piperidine rings is 1. The first kappa shape index (κ1) is 24.0. The number of amides is 1. The molecule has 1 N–H and O–H groups in total. The number of nitrogens with one attached hydrogen (secondary N) is 1. The summed E-state index contributed by atoms with van der Waals surface area (Å²) in [4.78, 5) is 17.1. The van der Waals surface area contributed by atoms with E-state index in [4.69, 9.17) is 10.00 Å².